The number of rotatable bonds is 2. The van der Waals surface area contributed by atoms with Crippen molar-refractivity contribution in [2.75, 3.05) is 0 Å². The zero-order chi connectivity index (χ0) is 39.8. The topological polar surface area (TPSA) is 12.4 Å². The fourth-order valence-corrected chi connectivity index (χ4v) is 9.68. The van der Waals surface area contributed by atoms with E-state index in [0.717, 1.165) is 43.5 Å². The Labute approximate surface area is 343 Å². The van der Waals surface area contributed by atoms with Gasteiger partial charge in [0.25, 0.3) is 0 Å². The quantitative estimate of drug-likeness (QED) is 0.156. The molecule has 1 nitrogen and oxygen atoms in total. The molecule has 0 atom stereocenters. The molecular formula is C57H51N. The highest BCUT2D eigenvalue weighted by Gasteiger charge is 2.24. The second-order valence-electron chi connectivity index (χ2n) is 15.2. The molecule has 0 amide bonds. The third kappa shape index (κ3) is 6.21. The summed E-state index contributed by atoms with van der Waals surface area (Å²) in [6.45, 7) is 10.2. The zero-order valence-corrected chi connectivity index (χ0v) is 34.5. The normalized spacial score (nSPS) is 14.2. The van der Waals surface area contributed by atoms with Gasteiger partial charge in [0, 0.05) is 17.4 Å². The molecule has 3 aliphatic rings. The first-order valence-electron chi connectivity index (χ1n) is 21.5. The van der Waals surface area contributed by atoms with E-state index >= 15 is 0 Å². The molecule has 0 saturated carbocycles. The van der Waals surface area contributed by atoms with Crippen LogP contribution in [0.1, 0.15) is 77.0 Å². The number of hydrogen-bond acceptors (Lipinski definition) is 1. The molecule has 8 aromatic rings. The molecule has 58 heavy (non-hydrogen) atoms. The molecule has 1 aliphatic heterocycles. The minimum atomic E-state index is 0.830. The molecule has 11 rings (SSSR count). The third-order valence-corrected chi connectivity index (χ3v) is 12.1. The van der Waals surface area contributed by atoms with Crippen molar-refractivity contribution in [3.63, 3.8) is 0 Å². The van der Waals surface area contributed by atoms with Crippen molar-refractivity contribution < 1.29 is 0 Å². The standard InChI is InChI=1S/C53H39N.2C2H6/c1-33-39-16-4-5-17-40(39)49-32-38(29-27-36(49)31-50-43-20-7-6-18-41(43)42-19-8-13-25-48(42)53(50)54-33)52-46-23-11-9-21-44(46)51(45-22-10-12-24-47(45)52)37-28-26-34-14-2-3-15-35(34)30-37;2*1-2/h2-3,5-7,9-12,14-15,17-30,32H,4,8,13,16,31H2,1H3;2*1-2H3. The van der Waals surface area contributed by atoms with Gasteiger partial charge < -0.3 is 0 Å². The summed E-state index contributed by atoms with van der Waals surface area (Å²) in [5, 5.41) is 13.0. The summed E-state index contributed by atoms with van der Waals surface area (Å²) < 4.78 is 0. The Morgan fingerprint density at radius 1 is 0.500 bits per heavy atom. The van der Waals surface area contributed by atoms with Gasteiger partial charge in [-0.05, 0) is 143 Å². The van der Waals surface area contributed by atoms with Crippen LogP contribution >= 0.6 is 0 Å². The molecule has 0 unspecified atom stereocenters. The first kappa shape index (κ1) is 37.3. The summed E-state index contributed by atoms with van der Waals surface area (Å²) in [5.41, 5.74) is 14.1. The number of benzene rings is 8. The van der Waals surface area contributed by atoms with Gasteiger partial charge in [-0.3, -0.25) is 4.99 Å². The van der Waals surface area contributed by atoms with Crippen LogP contribution < -0.4 is 10.4 Å². The van der Waals surface area contributed by atoms with Crippen LogP contribution in [0.3, 0.4) is 0 Å². The number of aliphatic imine (C=N–C) groups is 1. The maximum Gasteiger partial charge on any atom is 0.0749 e. The number of allylic oxidation sites excluding steroid dienone is 4. The van der Waals surface area contributed by atoms with Gasteiger partial charge in [-0.1, -0.05) is 173 Å². The average Bonchev–Trinajstić information content (AvgIpc) is 3.35. The van der Waals surface area contributed by atoms with E-state index in [0.29, 0.717) is 0 Å². The first-order chi connectivity index (χ1) is 28.7. The second kappa shape index (κ2) is 15.9. The van der Waals surface area contributed by atoms with Crippen LogP contribution in [0.2, 0.25) is 0 Å². The average molecular weight is 750 g/mol. The van der Waals surface area contributed by atoms with Gasteiger partial charge in [0.05, 0.1) is 5.69 Å². The molecule has 1 heteroatoms. The Balaban J connectivity index is 0.00000106. The largest absolute Gasteiger partial charge is 0.252 e. The first-order valence-corrected chi connectivity index (χ1v) is 21.5. The van der Waals surface area contributed by atoms with Crippen LogP contribution in [0.5, 0.6) is 0 Å². The summed E-state index contributed by atoms with van der Waals surface area (Å²) >= 11 is 0. The van der Waals surface area contributed by atoms with Gasteiger partial charge in [0.15, 0.2) is 0 Å². The van der Waals surface area contributed by atoms with Gasteiger partial charge in [-0.2, -0.15) is 0 Å². The Hall–Kier alpha value is -6.31. The van der Waals surface area contributed by atoms with Crippen LogP contribution in [0.15, 0.2) is 156 Å². The molecule has 8 aromatic carbocycles. The maximum atomic E-state index is 5.58. The molecule has 0 fully saturated rings. The highest BCUT2D eigenvalue weighted by Crippen LogP contribution is 2.46. The molecule has 0 aromatic heterocycles. The predicted molar refractivity (Wildman–Crippen MR) is 255 cm³/mol. The highest BCUT2D eigenvalue weighted by molar-refractivity contribution is 6.22. The Morgan fingerprint density at radius 3 is 1.72 bits per heavy atom. The van der Waals surface area contributed by atoms with Gasteiger partial charge >= 0.3 is 0 Å². The van der Waals surface area contributed by atoms with E-state index in [-0.39, 0.29) is 0 Å². The van der Waals surface area contributed by atoms with Gasteiger partial charge in [-0.15, -0.1) is 0 Å². The lowest BCUT2D eigenvalue weighted by atomic mass is 9.82. The van der Waals surface area contributed by atoms with E-state index in [1.54, 1.807) is 0 Å². The fraction of sp³-hybridized carbons (Fsp3) is 0.175. The van der Waals surface area contributed by atoms with E-state index < -0.39 is 0 Å². The lowest BCUT2D eigenvalue weighted by Crippen LogP contribution is -2.29. The van der Waals surface area contributed by atoms with Crippen molar-refractivity contribution in [3.05, 3.63) is 178 Å². The van der Waals surface area contributed by atoms with E-state index in [9.17, 15) is 0 Å². The Kier molecular flexibility index (Phi) is 10.2. The number of nitrogens with zero attached hydrogens (tertiary/aromatic N) is 1. The molecular weight excluding hydrogens is 699 g/mol. The van der Waals surface area contributed by atoms with Crippen molar-refractivity contribution in [1.29, 1.82) is 0 Å². The van der Waals surface area contributed by atoms with Crippen molar-refractivity contribution in [1.82, 2.24) is 0 Å². The van der Waals surface area contributed by atoms with Gasteiger partial charge in [0.1, 0.15) is 0 Å². The van der Waals surface area contributed by atoms with E-state index in [2.05, 4.69) is 165 Å². The highest BCUT2D eigenvalue weighted by atomic mass is 14.8. The fourth-order valence-electron chi connectivity index (χ4n) is 9.68. The number of hydrogen-bond donors (Lipinski definition) is 0. The minimum absolute atomic E-state index is 0.830. The van der Waals surface area contributed by atoms with Crippen LogP contribution in [0.4, 0.5) is 5.69 Å². The SMILES string of the molecule is CC.CC.CC1=Nc2c(c3ccccc3c3c2=CCCC=3)Cc2ccc(-c3c4ccccc4c(-c4ccc5ccccc5c4)c4ccccc34)cc2C2=C1CCC=C2. The maximum absolute atomic E-state index is 5.58. The van der Waals surface area contributed by atoms with Crippen molar-refractivity contribution >= 4 is 72.2 Å². The van der Waals surface area contributed by atoms with Crippen molar-refractivity contribution in [3.8, 4) is 22.3 Å². The van der Waals surface area contributed by atoms with E-state index in [4.69, 9.17) is 4.99 Å². The summed E-state index contributed by atoms with van der Waals surface area (Å²) in [4.78, 5) is 5.58. The van der Waals surface area contributed by atoms with Crippen LogP contribution in [0.25, 0.3) is 83.1 Å². The molecule has 0 bridgehead atoms. The molecule has 0 N–H and O–H groups in total. The number of fused-ring (bicyclic) bond motifs is 11. The van der Waals surface area contributed by atoms with Crippen molar-refractivity contribution in [2.45, 2.75) is 66.7 Å². The van der Waals surface area contributed by atoms with Gasteiger partial charge in [0.2, 0.25) is 0 Å². The van der Waals surface area contributed by atoms with Gasteiger partial charge in [-0.25, -0.2) is 0 Å². The van der Waals surface area contributed by atoms with Crippen molar-refractivity contribution in [2.24, 2.45) is 4.99 Å². The lowest BCUT2D eigenvalue weighted by molar-refractivity contribution is 1.01. The summed E-state index contributed by atoms with van der Waals surface area (Å²) in [7, 11) is 0. The molecule has 0 spiro atoms. The molecule has 2 aliphatic carbocycles. The Bertz CT molecular complexity index is 3080. The third-order valence-electron chi connectivity index (χ3n) is 12.1. The molecule has 284 valence electrons. The summed E-state index contributed by atoms with van der Waals surface area (Å²) in [5.74, 6) is 0. The lowest BCUT2D eigenvalue weighted by Gasteiger charge is -2.21. The molecule has 0 radical (unpaired) electrons. The van der Waals surface area contributed by atoms with E-state index in [1.807, 2.05) is 27.7 Å². The molecule has 0 saturated heterocycles. The smallest absolute Gasteiger partial charge is 0.0749 e. The molecule has 1 heterocycles. The van der Waals surface area contributed by atoms with E-state index in [1.165, 1.54) is 104 Å². The zero-order valence-electron chi connectivity index (χ0n) is 34.5. The monoisotopic (exact) mass is 749 g/mol. The predicted octanol–water partition coefficient (Wildman–Crippen LogP) is 14.8. The van der Waals surface area contributed by atoms with Crippen LogP contribution in [0, 0.1) is 0 Å². The van der Waals surface area contributed by atoms with Crippen LogP contribution in [-0.4, -0.2) is 5.71 Å². The summed E-state index contributed by atoms with van der Waals surface area (Å²) in [6, 6.07) is 50.0. The van der Waals surface area contributed by atoms with Crippen LogP contribution in [-0.2, 0) is 6.42 Å². The summed E-state index contributed by atoms with van der Waals surface area (Å²) in [6.07, 6.45) is 14.6. The Morgan fingerprint density at radius 2 is 1.05 bits per heavy atom. The minimum Gasteiger partial charge on any atom is -0.252 e. The second-order valence-corrected chi connectivity index (χ2v) is 15.2.